The first-order chi connectivity index (χ1) is 20.6. The van der Waals surface area contributed by atoms with Crippen molar-refractivity contribution in [3.8, 4) is 27.9 Å². The maximum atomic E-state index is 6.59. The Hall–Kier alpha value is -4.12. The molecule has 0 bridgehead atoms. The molecule has 1 aliphatic carbocycles. The van der Waals surface area contributed by atoms with Gasteiger partial charge in [0.15, 0.2) is 0 Å². The Kier molecular flexibility index (Phi) is 5.52. The highest BCUT2D eigenvalue weighted by Gasteiger charge is 2.52. The van der Waals surface area contributed by atoms with Crippen molar-refractivity contribution in [1.29, 1.82) is 0 Å². The molecule has 0 atom stereocenters. The molecule has 0 unspecified atom stereocenters. The van der Waals surface area contributed by atoms with Crippen LogP contribution in [0.15, 0.2) is 109 Å². The lowest BCUT2D eigenvalue weighted by molar-refractivity contribution is 0.00578. The highest BCUT2D eigenvalue weighted by molar-refractivity contribution is 6.65. The monoisotopic (exact) mass is 561 g/mol. The van der Waals surface area contributed by atoms with Crippen LogP contribution < -0.4 is 5.46 Å². The summed E-state index contributed by atoms with van der Waals surface area (Å²) in [6.45, 7) is 13.1. The van der Waals surface area contributed by atoms with Crippen LogP contribution >= 0.6 is 0 Å². The number of fused-ring (bicyclic) bond motifs is 6. The van der Waals surface area contributed by atoms with Gasteiger partial charge in [-0.25, -0.2) is 0 Å². The van der Waals surface area contributed by atoms with Crippen LogP contribution in [0.5, 0.6) is 0 Å². The number of rotatable bonds is 3. The molecule has 1 aromatic heterocycles. The fraction of sp³-hybridized carbons (Fsp3) is 0.231. The SMILES string of the molecule is CC1(C)c2ccccc2-c2ccc(-c3ccc4c(c3)c3cccc(B5OC(C)(C)C(C)(C)O5)c3n4-c3ccccc3)cc21. The number of nitrogens with zero attached hydrogens (tertiary/aromatic N) is 1. The van der Waals surface area contributed by atoms with E-state index in [4.69, 9.17) is 9.31 Å². The molecule has 1 aliphatic heterocycles. The molecule has 5 aromatic carbocycles. The molecule has 1 saturated heterocycles. The Morgan fingerprint density at radius 1 is 0.558 bits per heavy atom. The summed E-state index contributed by atoms with van der Waals surface area (Å²) in [6.07, 6.45) is 0. The fourth-order valence-electron chi connectivity index (χ4n) is 7.16. The molecule has 0 saturated carbocycles. The summed E-state index contributed by atoms with van der Waals surface area (Å²) >= 11 is 0. The number of aromatic nitrogens is 1. The van der Waals surface area contributed by atoms with Crippen molar-refractivity contribution in [2.45, 2.75) is 58.2 Å². The van der Waals surface area contributed by atoms with Gasteiger partial charge in [0.2, 0.25) is 0 Å². The molecule has 3 nitrogen and oxygen atoms in total. The van der Waals surface area contributed by atoms with Gasteiger partial charge in [-0.15, -0.1) is 0 Å². The quantitative estimate of drug-likeness (QED) is 0.201. The average Bonchev–Trinajstić information content (AvgIpc) is 3.54. The van der Waals surface area contributed by atoms with E-state index in [2.05, 4.69) is 155 Å². The van der Waals surface area contributed by atoms with Crippen molar-refractivity contribution in [2.24, 2.45) is 0 Å². The maximum absolute atomic E-state index is 6.59. The summed E-state index contributed by atoms with van der Waals surface area (Å²) in [5.41, 5.74) is 11.5. The van der Waals surface area contributed by atoms with Gasteiger partial charge in [-0.05, 0) is 91.4 Å². The van der Waals surface area contributed by atoms with Gasteiger partial charge in [0, 0.05) is 27.3 Å². The van der Waals surface area contributed by atoms with Gasteiger partial charge in [0.1, 0.15) is 0 Å². The second kappa shape index (κ2) is 8.95. The van der Waals surface area contributed by atoms with Gasteiger partial charge in [0.05, 0.1) is 22.2 Å². The summed E-state index contributed by atoms with van der Waals surface area (Å²) in [7, 11) is -0.458. The van der Waals surface area contributed by atoms with E-state index >= 15 is 0 Å². The zero-order valence-electron chi connectivity index (χ0n) is 25.7. The second-order valence-electron chi connectivity index (χ2n) is 13.7. The van der Waals surface area contributed by atoms with Crippen LogP contribution in [0, 0.1) is 0 Å². The molecule has 1 fully saturated rings. The third kappa shape index (κ3) is 3.76. The van der Waals surface area contributed by atoms with Gasteiger partial charge in [-0.3, -0.25) is 0 Å². The van der Waals surface area contributed by atoms with Crippen molar-refractivity contribution in [3.63, 3.8) is 0 Å². The van der Waals surface area contributed by atoms with Gasteiger partial charge < -0.3 is 13.9 Å². The zero-order valence-corrected chi connectivity index (χ0v) is 25.7. The third-order valence-corrected chi connectivity index (χ3v) is 10.3. The van der Waals surface area contributed by atoms with Crippen molar-refractivity contribution in [3.05, 3.63) is 120 Å². The molecule has 0 radical (unpaired) electrons. The predicted molar refractivity (Wildman–Crippen MR) is 179 cm³/mol. The van der Waals surface area contributed by atoms with Crippen LogP contribution in [0.3, 0.4) is 0 Å². The maximum Gasteiger partial charge on any atom is 0.497 e. The zero-order chi connectivity index (χ0) is 29.7. The summed E-state index contributed by atoms with van der Waals surface area (Å²) in [4.78, 5) is 0. The van der Waals surface area contributed by atoms with Gasteiger partial charge in [-0.1, -0.05) is 92.7 Å². The summed E-state index contributed by atoms with van der Waals surface area (Å²) < 4.78 is 15.6. The lowest BCUT2D eigenvalue weighted by Gasteiger charge is -2.32. The Bertz CT molecular complexity index is 2050. The molecule has 4 heteroatoms. The van der Waals surface area contributed by atoms with Crippen LogP contribution in [-0.4, -0.2) is 22.9 Å². The molecule has 212 valence electrons. The van der Waals surface area contributed by atoms with E-state index in [1.807, 2.05) is 0 Å². The molecule has 2 aliphatic rings. The Morgan fingerprint density at radius 3 is 1.98 bits per heavy atom. The summed E-state index contributed by atoms with van der Waals surface area (Å²) in [6, 6.07) is 39.9. The van der Waals surface area contributed by atoms with Crippen LogP contribution in [0.25, 0.3) is 49.7 Å². The minimum absolute atomic E-state index is 0.0346. The topological polar surface area (TPSA) is 23.4 Å². The molecule has 43 heavy (non-hydrogen) atoms. The number of hydrogen-bond acceptors (Lipinski definition) is 2. The smallest absolute Gasteiger partial charge is 0.399 e. The van der Waals surface area contributed by atoms with E-state index in [0.717, 1.165) is 16.7 Å². The highest BCUT2D eigenvalue weighted by atomic mass is 16.7. The molecule has 0 spiro atoms. The first-order valence-corrected chi connectivity index (χ1v) is 15.3. The van der Waals surface area contributed by atoms with E-state index in [1.165, 1.54) is 49.7 Å². The molecular formula is C39H36BNO2. The first kappa shape index (κ1) is 26.5. The third-order valence-electron chi connectivity index (χ3n) is 10.3. The minimum Gasteiger partial charge on any atom is -0.399 e. The van der Waals surface area contributed by atoms with Gasteiger partial charge >= 0.3 is 7.12 Å². The van der Waals surface area contributed by atoms with E-state index in [-0.39, 0.29) is 5.41 Å². The van der Waals surface area contributed by atoms with E-state index < -0.39 is 18.3 Å². The molecule has 2 heterocycles. The standard InChI is InChI=1S/C39H36BNO2/c1-37(2)32-17-11-10-15-28(32)29-21-19-26(24-33(29)37)25-20-22-35-31(23-25)30-16-12-18-34(40-42-38(3,4)39(5,6)43-40)36(30)41(35)27-13-8-7-9-14-27/h7-24H,1-6H3. The lowest BCUT2D eigenvalue weighted by Crippen LogP contribution is -2.41. The van der Waals surface area contributed by atoms with Crippen molar-refractivity contribution >= 4 is 34.4 Å². The Morgan fingerprint density at radius 2 is 1.21 bits per heavy atom. The Labute approximate surface area is 254 Å². The van der Waals surface area contributed by atoms with Crippen LogP contribution in [0.1, 0.15) is 52.7 Å². The van der Waals surface area contributed by atoms with Crippen molar-refractivity contribution < 1.29 is 9.31 Å². The van der Waals surface area contributed by atoms with Crippen LogP contribution in [0.2, 0.25) is 0 Å². The van der Waals surface area contributed by atoms with Gasteiger partial charge in [-0.2, -0.15) is 0 Å². The molecular weight excluding hydrogens is 525 g/mol. The largest absolute Gasteiger partial charge is 0.497 e. The number of hydrogen-bond donors (Lipinski definition) is 0. The normalized spacial score (nSPS) is 17.9. The molecule has 6 aromatic rings. The van der Waals surface area contributed by atoms with Crippen LogP contribution in [-0.2, 0) is 14.7 Å². The highest BCUT2D eigenvalue weighted by Crippen LogP contribution is 2.49. The van der Waals surface area contributed by atoms with E-state index in [1.54, 1.807) is 0 Å². The average molecular weight is 562 g/mol. The van der Waals surface area contributed by atoms with Gasteiger partial charge in [0.25, 0.3) is 0 Å². The number of benzene rings is 5. The van der Waals surface area contributed by atoms with Crippen LogP contribution in [0.4, 0.5) is 0 Å². The van der Waals surface area contributed by atoms with E-state index in [0.29, 0.717) is 0 Å². The second-order valence-corrected chi connectivity index (χ2v) is 13.7. The minimum atomic E-state index is -0.458. The summed E-state index contributed by atoms with van der Waals surface area (Å²) in [5.74, 6) is 0. The van der Waals surface area contributed by atoms with E-state index in [9.17, 15) is 0 Å². The lowest BCUT2D eigenvalue weighted by atomic mass is 9.77. The molecule has 0 amide bonds. The Balaban J connectivity index is 1.34. The molecule has 8 rings (SSSR count). The van der Waals surface area contributed by atoms with Crippen molar-refractivity contribution in [1.82, 2.24) is 4.57 Å². The molecule has 0 N–H and O–H groups in total. The predicted octanol–water partition coefficient (Wildman–Crippen LogP) is 9.06. The number of para-hydroxylation sites is 2. The first-order valence-electron chi connectivity index (χ1n) is 15.3. The van der Waals surface area contributed by atoms with Crippen molar-refractivity contribution in [2.75, 3.05) is 0 Å². The summed E-state index contributed by atoms with van der Waals surface area (Å²) in [5, 5.41) is 2.42. The fourth-order valence-corrected chi connectivity index (χ4v) is 7.16.